The van der Waals surface area contributed by atoms with Crippen molar-refractivity contribution in [3.63, 3.8) is 0 Å². The molecule has 0 radical (unpaired) electrons. The van der Waals surface area contributed by atoms with Crippen LogP contribution < -0.4 is 11.1 Å². The molecule has 0 aliphatic carbocycles. The van der Waals surface area contributed by atoms with Crippen LogP contribution in [0.5, 0.6) is 0 Å². The van der Waals surface area contributed by atoms with Gasteiger partial charge in [0.25, 0.3) is 0 Å². The third kappa shape index (κ3) is 2.05. The van der Waals surface area contributed by atoms with Gasteiger partial charge in [-0.05, 0) is 13.8 Å². The van der Waals surface area contributed by atoms with E-state index in [1.807, 2.05) is 6.92 Å². The monoisotopic (exact) mass is 238 g/mol. The smallest absolute Gasteiger partial charge is 0.354 e. The Bertz CT molecular complexity index is 441. The van der Waals surface area contributed by atoms with Gasteiger partial charge in [0.05, 0.1) is 11.7 Å². The molecule has 0 fully saturated rings. The lowest BCUT2D eigenvalue weighted by molar-refractivity contribution is 0.0679. The molecule has 6 nitrogen and oxygen atoms in total. The Morgan fingerprint density at radius 3 is 3.06 bits per heavy atom. The lowest BCUT2D eigenvalue weighted by Gasteiger charge is -2.18. The number of carbonyl (C=O) groups is 1. The van der Waals surface area contributed by atoms with E-state index >= 15 is 0 Å². The molecule has 2 atom stereocenters. The maximum absolute atomic E-state index is 11.3. The fourth-order valence-corrected chi connectivity index (χ4v) is 2.15. The minimum atomic E-state index is -0.935. The van der Waals surface area contributed by atoms with Crippen molar-refractivity contribution < 1.29 is 9.90 Å². The molecular formula is C11H18N4O2. The molecule has 0 saturated carbocycles. The number of hydrogen-bond donors (Lipinski definition) is 3. The van der Waals surface area contributed by atoms with Gasteiger partial charge in [-0.3, -0.25) is 4.68 Å². The van der Waals surface area contributed by atoms with E-state index in [0.717, 1.165) is 17.7 Å². The minimum Gasteiger partial charge on any atom is -0.477 e. The second kappa shape index (κ2) is 4.46. The Balaban J connectivity index is 2.50. The van der Waals surface area contributed by atoms with Crippen LogP contribution >= 0.6 is 0 Å². The molecule has 0 spiro atoms. The number of fused-ring (bicyclic) bond motifs is 1. The highest BCUT2D eigenvalue weighted by Crippen LogP contribution is 2.22. The highest BCUT2D eigenvalue weighted by molar-refractivity contribution is 5.88. The molecule has 1 aromatic heterocycles. The maximum atomic E-state index is 11.3. The summed E-state index contributed by atoms with van der Waals surface area (Å²) < 4.78 is 1.55. The van der Waals surface area contributed by atoms with Gasteiger partial charge in [0.15, 0.2) is 5.69 Å². The summed E-state index contributed by atoms with van der Waals surface area (Å²) in [5.41, 5.74) is 7.55. The number of nitrogens with zero attached hydrogens (tertiary/aromatic N) is 2. The predicted molar refractivity (Wildman–Crippen MR) is 63.0 cm³/mol. The van der Waals surface area contributed by atoms with Gasteiger partial charge in [-0.2, -0.15) is 5.10 Å². The molecule has 4 N–H and O–H groups in total. The van der Waals surface area contributed by atoms with E-state index in [-0.39, 0.29) is 11.7 Å². The first kappa shape index (κ1) is 12.1. The molecule has 0 unspecified atom stereocenters. The van der Waals surface area contributed by atoms with E-state index < -0.39 is 5.97 Å². The molecule has 1 aliphatic heterocycles. The normalized spacial score (nSPS) is 21.0. The first-order valence-corrected chi connectivity index (χ1v) is 5.81. The molecule has 0 saturated heterocycles. The van der Waals surface area contributed by atoms with Gasteiger partial charge in [0.1, 0.15) is 0 Å². The Labute approximate surface area is 99.8 Å². The van der Waals surface area contributed by atoms with Crippen LogP contribution in [0.1, 0.15) is 41.6 Å². The summed E-state index contributed by atoms with van der Waals surface area (Å²) in [6, 6.07) is 0.239. The van der Waals surface area contributed by atoms with Crippen molar-refractivity contribution in [2.45, 2.75) is 38.9 Å². The van der Waals surface area contributed by atoms with E-state index in [2.05, 4.69) is 17.3 Å². The van der Waals surface area contributed by atoms with Crippen LogP contribution in [0.25, 0.3) is 0 Å². The summed E-state index contributed by atoms with van der Waals surface area (Å²) in [4.78, 5) is 11.3. The van der Waals surface area contributed by atoms with Gasteiger partial charge in [-0.25, -0.2) is 4.79 Å². The van der Waals surface area contributed by atoms with Crippen molar-refractivity contribution >= 4 is 5.97 Å². The van der Waals surface area contributed by atoms with E-state index in [0.29, 0.717) is 19.1 Å². The number of carboxylic acid groups (broad SMARTS) is 1. The van der Waals surface area contributed by atoms with E-state index in [4.69, 9.17) is 5.73 Å². The predicted octanol–water partition coefficient (Wildman–Crippen LogP) is 0.135. The van der Waals surface area contributed by atoms with Gasteiger partial charge in [-0.15, -0.1) is 0 Å². The fraction of sp³-hybridized carbons (Fsp3) is 0.636. The Morgan fingerprint density at radius 1 is 1.76 bits per heavy atom. The van der Waals surface area contributed by atoms with Gasteiger partial charge < -0.3 is 16.2 Å². The summed E-state index contributed by atoms with van der Waals surface area (Å²) in [5, 5.41) is 17.0. The number of hydrogen-bond acceptors (Lipinski definition) is 4. The van der Waals surface area contributed by atoms with E-state index in [9.17, 15) is 9.90 Å². The quantitative estimate of drug-likeness (QED) is 0.696. The number of aromatic carboxylic acids is 1. The molecule has 6 heteroatoms. The lowest BCUT2D eigenvalue weighted by Crippen LogP contribution is -2.33. The zero-order valence-electron chi connectivity index (χ0n) is 10.1. The Kier molecular flexibility index (Phi) is 3.17. The number of carboxylic acids is 1. The van der Waals surface area contributed by atoms with E-state index in [1.165, 1.54) is 0 Å². The first-order chi connectivity index (χ1) is 8.04. The number of rotatable bonds is 3. The van der Waals surface area contributed by atoms with Crippen LogP contribution in [0.3, 0.4) is 0 Å². The van der Waals surface area contributed by atoms with Crippen LogP contribution in [0.2, 0.25) is 0 Å². The number of aromatic nitrogens is 2. The molecule has 0 amide bonds. The second-order valence-electron chi connectivity index (χ2n) is 4.59. The minimum absolute atomic E-state index is 0.0954. The molecular weight excluding hydrogens is 220 g/mol. The van der Waals surface area contributed by atoms with Crippen LogP contribution in [-0.4, -0.2) is 33.4 Å². The molecule has 94 valence electrons. The molecule has 1 aromatic rings. The molecule has 17 heavy (non-hydrogen) atoms. The van der Waals surface area contributed by atoms with Gasteiger partial charge in [0, 0.05) is 31.1 Å². The average Bonchev–Trinajstić information content (AvgIpc) is 2.66. The van der Waals surface area contributed by atoms with E-state index in [1.54, 1.807) is 4.68 Å². The first-order valence-electron chi connectivity index (χ1n) is 5.81. The standard InChI is InChI=1S/C11H18N4O2/c1-6-3-9-8(5-13-6)10(11(16)17)15(14-9)7(2)4-12/h6-7,13H,3-5,12H2,1-2H3,(H,16,17)/t6-,7-/m1/s1. The van der Waals surface area contributed by atoms with Crippen molar-refractivity contribution in [3.8, 4) is 0 Å². The molecule has 0 bridgehead atoms. The van der Waals surface area contributed by atoms with Gasteiger partial charge in [-0.1, -0.05) is 0 Å². The molecule has 1 aliphatic rings. The summed E-state index contributed by atoms with van der Waals surface area (Å²) >= 11 is 0. The van der Waals surface area contributed by atoms with Gasteiger partial charge >= 0.3 is 5.97 Å². The zero-order valence-corrected chi connectivity index (χ0v) is 10.1. The topological polar surface area (TPSA) is 93.2 Å². The van der Waals surface area contributed by atoms with Crippen LogP contribution in [0, 0.1) is 0 Å². The maximum Gasteiger partial charge on any atom is 0.354 e. The molecule has 2 rings (SSSR count). The second-order valence-corrected chi connectivity index (χ2v) is 4.59. The summed E-state index contributed by atoms with van der Waals surface area (Å²) in [5.74, 6) is -0.935. The zero-order chi connectivity index (χ0) is 12.6. The van der Waals surface area contributed by atoms with Gasteiger partial charge in [0.2, 0.25) is 0 Å². The van der Waals surface area contributed by atoms with Crippen LogP contribution in [0.15, 0.2) is 0 Å². The molecule has 0 aromatic carbocycles. The Morgan fingerprint density at radius 2 is 2.47 bits per heavy atom. The third-order valence-electron chi connectivity index (χ3n) is 3.18. The SMILES string of the molecule is C[C@@H]1Cc2nn([C@H](C)CN)c(C(=O)O)c2CN1. The van der Waals surface area contributed by atoms with Crippen LogP contribution in [0.4, 0.5) is 0 Å². The summed E-state index contributed by atoms with van der Waals surface area (Å²) in [6.07, 6.45) is 0.764. The van der Waals surface area contributed by atoms with Crippen molar-refractivity contribution in [1.82, 2.24) is 15.1 Å². The van der Waals surface area contributed by atoms with Crippen LogP contribution in [-0.2, 0) is 13.0 Å². The average molecular weight is 238 g/mol. The summed E-state index contributed by atoms with van der Waals surface area (Å²) in [7, 11) is 0. The number of nitrogens with two attached hydrogens (primary N) is 1. The third-order valence-corrected chi connectivity index (χ3v) is 3.18. The summed E-state index contributed by atoms with van der Waals surface area (Å²) in [6.45, 7) is 4.88. The highest BCUT2D eigenvalue weighted by Gasteiger charge is 2.28. The van der Waals surface area contributed by atoms with Crippen molar-refractivity contribution in [2.24, 2.45) is 5.73 Å². The van der Waals surface area contributed by atoms with Crippen molar-refractivity contribution in [2.75, 3.05) is 6.54 Å². The fourth-order valence-electron chi connectivity index (χ4n) is 2.15. The molecule has 2 heterocycles. The Hall–Kier alpha value is -1.40. The largest absolute Gasteiger partial charge is 0.477 e. The van der Waals surface area contributed by atoms with Crippen molar-refractivity contribution in [1.29, 1.82) is 0 Å². The lowest BCUT2D eigenvalue weighted by atomic mass is 10.0. The number of nitrogens with one attached hydrogen (secondary N) is 1. The van der Waals surface area contributed by atoms with Crippen molar-refractivity contribution in [3.05, 3.63) is 17.0 Å². The highest BCUT2D eigenvalue weighted by atomic mass is 16.4.